The zero-order valence-corrected chi connectivity index (χ0v) is 18.7. The molecular weight excluding hydrogens is 420 g/mol. The minimum Gasteiger partial charge on any atom is -0.462 e. The molecule has 1 aliphatic rings. The van der Waals surface area contributed by atoms with Gasteiger partial charge in [-0.15, -0.1) is 12.4 Å². The standard InChI is InChI=1S/C19H34N2O8.ClH/c1-5-7-12(22)21-15-16(24)17(29-13(23)8-6-2)11(28-19(15)26)9-27-18(25)14(20)10(3)4;/h10-11,14-17,19,24,26H,5-9,20H2,1-4H3,(H,21,22);1H/t11-,14+,15-,16-,17-,19?;/m1./s1. The van der Waals surface area contributed by atoms with Gasteiger partial charge in [0.1, 0.15) is 30.9 Å². The largest absolute Gasteiger partial charge is 0.462 e. The summed E-state index contributed by atoms with van der Waals surface area (Å²) in [5.74, 6) is -1.79. The van der Waals surface area contributed by atoms with Crippen LogP contribution in [0.5, 0.6) is 0 Å². The van der Waals surface area contributed by atoms with Crippen LogP contribution in [0, 0.1) is 5.92 Å². The lowest BCUT2D eigenvalue weighted by Gasteiger charge is -2.42. The van der Waals surface area contributed by atoms with Crippen molar-refractivity contribution in [2.24, 2.45) is 11.7 Å². The van der Waals surface area contributed by atoms with Crippen LogP contribution in [0.2, 0.25) is 0 Å². The van der Waals surface area contributed by atoms with Gasteiger partial charge in [0, 0.05) is 12.8 Å². The first-order valence-electron chi connectivity index (χ1n) is 10.0. The molecule has 0 spiro atoms. The van der Waals surface area contributed by atoms with Crippen LogP contribution in [0.25, 0.3) is 0 Å². The minimum absolute atomic E-state index is 0. The van der Waals surface area contributed by atoms with E-state index in [-0.39, 0.29) is 43.7 Å². The van der Waals surface area contributed by atoms with Crippen LogP contribution >= 0.6 is 12.4 Å². The van der Waals surface area contributed by atoms with Gasteiger partial charge in [-0.25, -0.2) is 0 Å². The molecule has 11 heteroatoms. The molecule has 1 aliphatic heterocycles. The third-order valence-corrected chi connectivity index (χ3v) is 4.60. The Morgan fingerprint density at radius 2 is 1.73 bits per heavy atom. The number of amides is 1. The first kappa shape index (κ1) is 28.5. The smallest absolute Gasteiger partial charge is 0.323 e. The van der Waals surface area contributed by atoms with Crippen LogP contribution in [-0.2, 0) is 28.6 Å². The molecule has 0 aromatic heterocycles. The molecule has 1 unspecified atom stereocenters. The highest BCUT2D eigenvalue weighted by Crippen LogP contribution is 2.24. The number of nitrogens with two attached hydrogens (primary N) is 1. The zero-order valence-electron chi connectivity index (χ0n) is 17.9. The number of hydrogen-bond donors (Lipinski definition) is 4. The van der Waals surface area contributed by atoms with Gasteiger partial charge >= 0.3 is 11.9 Å². The Kier molecular flexibility index (Phi) is 13.1. The average Bonchev–Trinajstić information content (AvgIpc) is 2.65. The van der Waals surface area contributed by atoms with Crippen molar-refractivity contribution in [3.63, 3.8) is 0 Å². The summed E-state index contributed by atoms with van der Waals surface area (Å²) in [5.41, 5.74) is 5.74. The Hall–Kier alpha value is -1.46. The molecule has 30 heavy (non-hydrogen) atoms. The van der Waals surface area contributed by atoms with Crippen molar-refractivity contribution in [2.45, 2.75) is 90.1 Å². The van der Waals surface area contributed by atoms with Crippen molar-refractivity contribution in [1.29, 1.82) is 0 Å². The molecule has 0 bridgehead atoms. The molecule has 0 saturated carbocycles. The lowest BCUT2D eigenvalue weighted by atomic mass is 9.96. The summed E-state index contributed by atoms with van der Waals surface area (Å²) in [4.78, 5) is 35.9. The highest BCUT2D eigenvalue weighted by atomic mass is 35.5. The fourth-order valence-corrected chi connectivity index (χ4v) is 2.80. The maximum absolute atomic E-state index is 12.0. The SMILES string of the molecule is CCCC(=O)N[C@H]1C(O)O[C@H](COC(=O)[C@@H](N)C(C)C)[C@@H](OC(=O)CCC)[C@@H]1O.Cl. The van der Waals surface area contributed by atoms with E-state index in [0.717, 1.165) is 0 Å². The maximum Gasteiger partial charge on any atom is 0.323 e. The number of esters is 2. The van der Waals surface area contributed by atoms with Gasteiger partial charge in [0.2, 0.25) is 5.91 Å². The number of halogens is 1. The number of carbonyl (C=O) groups is 3. The van der Waals surface area contributed by atoms with E-state index in [0.29, 0.717) is 12.8 Å². The lowest BCUT2D eigenvalue weighted by molar-refractivity contribution is -0.261. The molecule has 0 aliphatic carbocycles. The molecule has 1 heterocycles. The fraction of sp³-hybridized carbons (Fsp3) is 0.842. The number of rotatable bonds is 10. The van der Waals surface area contributed by atoms with E-state index in [2.05, 4.69) is 5.32 Å². The number of aliphatic hydroxyl groups excluding tert-OH is 2. The summed E-state index contributed by atoms with van der Waals surface area (Å²) < 4.78 is 15.9. The third kappa shape index (κ3) is 8.35. The van der Waals surface area contributed by atoms with Gasteiger partial charge in [0.25, 0.3) is 0 Å². The molecule has 0 aromatic carbocycles. The molecular formula is C19H35ClN2O8. The van der Waals surface area contributed by atoms with Gasteiger partial charge in [-0.1, -0.05) is 27.7 Å². The van der Waals surface area contributed by atoms with Crippen LogP contribution in [0.1, 0.15) is 53.4 Å². The van der Waals surface area contributed by atoms with E-state index in [4.69, 9.17) is 19.9 Å². The number of aliphatic hydroxyl groups is 2. The molecule has 1 amide bonds. The Morgan fingerprint density at radius 1 is 1.13 bits per heavy atom. The summed E-state index contributed by atoms with van der Waals surface area (Å²) in [6.45, 7) is 6.74. The number of nitrogens with one attached hydrogen (secondary N) is 1. The Morgan fingerprint density at radius 3 is 2.27 bits per heavy atom. The van der Waals surface area contributed by atoms with Crippen LogP contribution in [0.3, 0.4) is 0 Å². The normalized spacial score (nSPS) is 27.0. The lowest BCUT2D eigenvalue weighted by Crippen LogP contribution is -2.65. The maximum atomic E-state index is 12.0. The van der Waals surface area contributed by atoms with Gasteiger partial charge < -0.3 is 35.5 Å². The van der Waals surface area contributed by atoms with Gasteiger partial charge in [-0.3, -0.25) is 14.4 Å². The topological polar surface area (TPSA) is 157 Å². The first-order valence-corrected chi connectivity index (χ1v) is 10.0. The predicted octanol–water partition coefficient (Wildman–Crippen LogP) is 0.00960. The number of hydrogen-bond acceptors (Lipinski definition) is 9. The summed E-state index contributed by atoms with van der Waals surface area (Å²) in [7, 11) is 0. The number of ether oxygens (including phenoxy) is 3. The zero-order chi connectivity index (χ0) is 22.1. The Balaban J connectivity index is 0.00000841. The van der Waals surface area contributed by atoms with Crippen molar-refractivity contribution < 1.29 is 38.8 Å². The van der Waals surface area contributed by atoms with Gasteiger partial charge in [-0.2, -0.15) is 0 Å². The van der Waals surface area contributed by atoms with Crippen molar-refractivity contribution in [1.82, 2.24) is 5.32 Å². The van der Waals surface area contributed by atoms with Crippen molar-refractivity contribution in [3.8, 4) is 0 Å². The quantitative estimate of drug-likeness (QED) is 0.333. The second-order valence-corrected chi connectivity index (χ2v) is 7.50. The molecule has 1 rings (SSSR count). The van der Waals surface area contributed by atoms with E-state index in [9.17, 15) is 24.6 Å². The summed E-state index contributed by atoms with van der Waals surface area (Å²) >= 11 is 0. The third-order valence-electron chi connectivity index (χ3n) is 4.60. The highest BCUT2D eigenvalue weighted by Gasteiger charge is 2.48. The molecule has 0 aromatic rings. The van der Waals surface area contributed by atoms with Crippen LogP contribution in [0.15, 0.2) is 0 Å². The molecule has 6 atom stereocenters. The second kappa shape index (κ2) is 13.8. The van der Waals surface area contributed by atoms with Gasteiger partial charge in [0.15, 0.2) is 12.4 Å². The Bertz CT molecular complexity index is 563. The van der Waals surface area contributed by atoms with Crippen molar-refractivity contribution in [3.05, 3.63) is 0 Å². The molecule has 176 valence electrons. The minimum atomic E-state index is -1.57. The first-order chi connectivity index (χ1) is 13.6. The summed E-state index contributed by atoms with van der Waals surface area (Å²) in [6, 6.07) is -2.05. The monoisotopic (exact) mass is 454 g/mol. The van der Waals surface area contributed by atoms with Crippen LogP contribution < -0.4 is 11.1 Å². The highest BCUT2D eigenvalue weighted by molar-refractivity contribution is 5.85. The molecule has 0 radical (unpaired) electrons. The number of carbonyl (C=O) groups excluding carboxylic acids is 3. The van der Waals surface area contributed by atoms with Crippen molar-refractivity contribution in [2.75, 3.05) is 6.61 Å². The average molecular weight is 455 g/mol. The van der Waals surface area contributed by atoms with Crippen LogP contribution in [0.4, 0.5) is 0 Å². The fourth-order valence-electron chi connectivity index (χ4n) is 2.80. The van der Waals surface area contributed by atoms with E-state index < -0.39 is 48.6 Å². The molecule has 1 saturated heterocycles. The van der Waals surface area contributed by atoms with E-state index in [1.807, 2.05) is 6.92 Å². The van der Waals surface area contributed by atoms with Gasteiger partial charge in [-0.05, 0) is 18.8 Å². The van der Waals surface area contributed by atoms with Crippen LogP contribution in [-0.4, -0.2) is 71.4 Å². The van der Waals surface area contributed by atoms with E-state index >= 15 is 0 Å². The van der Waals surface area contributed by atoms with E-state index in [1.54, 1.807) is 20.8 Å². The van der Waals surface area contributed by atoms with E-state index in [1.165, 1.54) is 0 Å². The molecule has 1 fully saturated rings. The second-order valence-electron chi connectivity index (χ2n) is 7.50. The summed E-state index contributed by atoms with van der Waals surface area (Å²) in [5, 5.41) is 23.4. The van der Waals surface area contributed by atoms with Crippen molar-refractivity contribution >= 4 is 30.3 Å². The predicted molar refractivity (Wildman–Crippen MR) is 110 cm³/mol. The summed E-state index contributed by atoms with van der Waals surface area (Å²) in [6.07, 6.45) is -3.97. The molecule has 5 N–H and O–H groups in total. The van der Waals surface area contributed by atoms with Gasteiger partial charge in [0.05, 0.1) is 0 Å². The molecule has 10 nitrogen and oxygen atoms in total. The Labute approximate surface area is 183 Å².